The molecule has 0 unspecified atom stereocenters. The molecule has 30 heavy (non-hydrogen) atoms. The maximum atomic E-state index is 12.9. The molecule has 1 aliphatic heterocycles. The second-order valence-electron chi connectivity index (χ2n) is 7.89. The summed E-state index contributed by atoms with van der Waals surface area (Å²) in [4.78, 5) is 12.4. The van der Waals surface area contributed by atoms with Gasteiger partial charge in [-0.2, -0.15) is 26.3 Å². The minimum atomic E-state index is -4.91. The van der Waals surface area contributed by atoms with Crippen molar-refractivity contribution in [1.29, 1.82) is 0 Å². The van der Waals surface area contributed by atoms with Gasteiger partial charge < -0.3 is 15.4 Å². The van der Waals surface area contributed by atoms with E-state index in [-0.39, 0.29) is 36.0 Å². The number of rotatable bonds is 5. The van der Waals surface area contributed by atoms with E-state index in [0.717, 1.165) is 19.3 Å². The Morgan fingerprint density at radius 1 is 0.900 bits per heavy atom. The normalized spacial score (nSPS) is 23.5. The lowest BCUT2D eigenvalue weighted by Gasteiger charge is -2.26. The van der Waals surface area contributed by atoms with E-state index in [4.69, 9.17) is 4.74 Å². The molecule has 2 atom stereocenters. The Morgan fingerprint density at radius 3 is 2.07 bits per heavy atom. The monoisotopic (exact) mass is 438 g/mol. The summed E-state index contributed by atoms with van der Waals surface area (Å²) in [5.41, 5.74) is -3.01. The number of hydrogen-bond donors (Lipinski definition) is 2. The van der Waals surface area contributed by atoms with Crippen LogP contribution in [-0.4, -0.2) is 31.2 Å². The maximum Gasteiger partial charge on any atom is 0.416 e. The molecule has 2 N–H and O–H groups in total. The molecule has 2 fully saturated rings. The van der Waals surface area contributed by atoms with Gasteiger partial charge in [-0.15, -0.1) is 0 Å². The van der Waals surface area contributed by atoms with E-state index in [1.165, 1.54) is 0 Å². The summed E-state index contributed by atoms with van der Waals surface area (Å²) in [6.07, 6.45) is -5.97. The van der Waals surface area contributed by atoms with Crippen molar-refractivity contribution in [2.75, 3.05) is 13.2 Å². The first kappa shape index (κ1) is 22.9. The molecule has 1 amide bonds. The summed E-state index contributed by atoms with van der Waals surface area (Å²) in [5, 5.41) is 6.02. The highest BCUT2D eigenvalue weighted by Gasteiger charge is 2.37. The number of nitrogens with one attached hydrogen (secondary N) is 2. The van der Waals surface area contributed by atoms with Crippen molar-refractivity contribution in [3.05, 3.63) is 34.9 Å². The van der Waals surface area contributed by atoms with Crippen LogP contribution in [0.5, 0.6) is 0 Å². The van der Waals surface area contributed by atoms with E-state index in [0.29, 0.717) is 44.2 Å². The second-order valence-corrected chi connectivity index (χ2v) is 7.89. The zero-order chi connectivity index (χ0) is 21.9. The molecule has 168 valence electrons. The van der Waals surface area contributed by atoms with E-state index in [1.807, 2.05) is 0 Å². The third-order valence-corrected chi connectivity index (χ3v) is 5.61. The minimum Gasteiger partial charge on any atom is -0.381 e. The molecule has 1 heterocycles. The maximum absolute atomic E-state index is 12.9. The predicted molar refractivity (Wildman–Crippen MR) is 96.4 cm³/mol. The van der Waals surface area contributed by atoms with Crippen LogP contribution in [0.3, 0.4) is 0 Å². The number of benzene rings is 1. The molecule has 1 aromatic carbocycles. The van der Waals surface area contributed by atoms with Crippen LogP contribution in [0.4, 0.5) is 26.3 Å². The van der Waals surface area contributed by atoms with E-state index in [2.05, 4.69) is 10.6 Å². The summed E-state index contributed by atoms with van der Waals surface area (Å²) >= 11 is 0. The van der Waals surface area contributed by atoms with Crippen LogP contribution >= 0.6 is 0 Å². The van der Waals surface area contributed by atoms with Crippen LogP contribution in [0.15, 0.2) is 18.2 Å². The Kier molecular flexibility index (Phi) is 6.96. The van der Waals surface area contributed by atoms with Crippen molar-refractivity contribution in [1.82, 2.24) is 10.6 Å². The number of amides is 1. The minimum absolute atomic E-state index is 0.0782. The van der Waals surface area contributed by atoms with Gasteiger partial charge in [0.2, 0.25) is 5.91 Å². The molecule has 4 nitrogen and oxygen atoms in total. The number of ether oxygens (including phenoxy) is 1. The Hall–Kier alpha value is -1.81. The van der Waals surface area contributed by atoms with Gasteiger partial charge in [0.05, 0.1) is 11.1 Å². The van der Waals surface area contributed by atoms with Crippen molar-refractivity contribution in [2.24, 2.45) is 5.92 Å². The molecule has 10 heteroatoms. The molecule has 3 rings (SSSR count). The third kappa shape index (κ3) is 6.10. The summed E-state index contributed by atoms with van der Waals surface area (Å²) < 4.78 is 83.0. The Balaban J connectivity index is 1.57. The fourth-order valence-corrected chi connectivity index (χ4v) is 4.02. The lowest BCUT2D eigenvalue weighted by molar-refractivity contribution is -0.143. The van der Waals surface area contributed by atoms with Crippen molar-refractivity contribution in [3.63, 3.8) is 0 Å². The molecular weight excluding hydrogens is 414 g/mol. The lowest BCUT2D eigenvalue weighted by Crippen LogP contribution is -2.41. The molecular formula is C20H24F6N2O2. The summed E-state index contributed by atoms with van der Waals surface area (Å²) in [6.45, 7) is 1.01. The Bertz CT molecular complexity index is 712. The molecule has 0 aromatic heterocycles. The van der Waals surface area contributed by atoms with Crippen LogP contribution in [0.1, 0.15) is 48.8 Å². The van der Waals surface area contributed by atoms with Crippen molar-refractivity contribution < 1.29 is 35.9 Å². The summed E-state index contributed by atoms with van der Waals surface area (Å²) in [7, 11) is 0. The van der Waals surface area contributed by atoms with Crippen molar-refractivity contribution >= 4 is 5.91 Å². The van der Waals surface area contributed by atoms with Crippen LogP contribution in [0.2, 0.25) is 0 Å². The van der Waals surface area contributed by atoms with Gasteiger partial charge in [0.1, 0.15) is 0 Å². The number of carbonyl (C=O) groups is 1. The van der Waals surface area contributed by atoms with Crippen LogP contribution in [0, 0.1) is 5.92 Å². The van der Waals surface area contributed by atoms with Gasteiger partial charge in [-0.25, -0.2) is 0 Å². The van der Waals surface area contributed by atoms with E-state index < -0.39 is 23.5 Å². The molecule has 1 aromatic rings. The predicted octanol–water partition coefficient (Wildman–Crippen LogP) is 4.28. The number of hydrogen-bond acceptors (Lipinski definition) is 3. The standard InChI is InChI=1S/C20H24F6N2O2/c21-19(22,23)14-7-12(8-15(10-14)20(24,25)26)11-27-18(29)13-1-2-17(9-13)28-16-3-5-30-6-4-16/h7-8,10,13,16-17,28H,1-6,9,11H2,(H,27,29)/t13-,17+/m0/s1. The van der Waals surface area contributed by atoms with Gasteiger partial charge in [0, 0.05) is 37.8 Å². The molecule has 0 radical (unpaired) electrons. The molecule has 1 saturated heterocycles. The first-order chi connectivity index (χ1) is 14.0. The lowest BCUT2D eigenvalue weighted by atomic mass is 10.0. The average molecular weight is 438 g/mol. The first-order valence-electron chi connectivity index (χ1n) is 9.92. The van der Waals surface area contributed by atoms with Gasteiger partial charge in [-0.05, 0) is 55.9 Å². The number of alkyl halides is 6. The first-order valence-corrected chi connectivity index (χ1v) is 9.92. The van der Waals surface area contributed by atoms with Gasteiger partial charge >= 0.3 is 12.4 Å². The van der Waals surface area contributed by atoms with Crippen LogP contribution < -0.4 is 10.6 Å². The van der Waals surface area contributed by atoms with Gasteiger partial charge in [0.15, 0.2) is 0 Å². The Morgan fingerprint density at radius 2 is 1.50 bits per heavy atom. The molecule has 1 aliphatic carbocycles. The van der Waals surface area contributed by atoms with Crippen LogP contribution in [-0.2, 0) is 28.4 Å². The topological polar surface area (TPSA) is 50.4 Å². The van der Waals surface area contributed by atoms with Gasteiger partial charge in [-0.1, -0.05) is 0 Å². The molecule has 0 bridgehead atoms. The zero-order valence-corrected chi connectivity index (χ0v) is 16.2. The molecule has 2 aliphatic rings. The largest absolute Gasteiger partial charge is 0.416 e. The summed E-state index contributed by atoms with van der Waals surface area (Å²) in [6, 6.07) is 1.87. The van der Waals surface area contributed by atoms with Gasteiger partial charge in [0.25, 0.3) is 0 Å². The SMILES string of the molecule is O=C(NCc1cc(C(F)(F)F)cc(C(F)(F)F)c1)[C@H]1CC[C@@H](NC2CCOCC2)C1. The number of halogens is 6. The smallest absolute Gasteiger partial charge is 0.381 e. The zero-order valence-electron chi connectivity index (χ0n) is 16.2. The van der Waals surface area contributed by atoms with E-state index in [1.54, 1.807) is 0 Å². The summed E-state index contributed by atoms with van der Waals surface area (Å²) in [5.74, 6) is -0.660. The molecule has 1 saturated carbocycles. The fraction of sp³-hybridized carbons (Fsp3) is 0.650. The van der Waals surface area contributed by atoms with Gasteiger partial charge in [-0.3, -0.25) is 4.79 Å². The highest BCUT2D eigenvalue weighted by Crippen LogP contribution is 2.36. The average Bonchev–Trinajstić information content (AvgIpc) is 3.14. The van der Waals surface area contributed by atoms with Crippen molar-refractivity contribution in [3.8, 4) is 0 Å². The Labute approximate surface area is 170 Å². The second kappa shape index (κ2) is 9.13. The van der Waals surface area contributed by atoms with Crippen molar-refractivity contribution in [2.45, 2.75) is 63.1 Å². The third-order valence-electron chi connectivity index (χ3n) is 5.61. The fourth-order valence-electron chi connectivity index (χ4n) is 4.02. The van der Waals surface area contributed by atoms with E-state index in [9.17, 15) is 31.1 Å². The molecule has 0 spiro atoms. The van der Waals surface area contributed by atoms with E-state index >= 15 is 0 Å². The highest BCUT2D eigenvalue weighted by atomic mass is 19.4. The quantitative estimate of drug-likeness (QED) is 0.675. The number of carbonyl (C=O) groups excluding carboxylic acids is 1. The van der Waals surface area contributed by atoms with Crippen LogP contribution in [0.25, 0.3) is 0 Å². The highest BCUT2D eigenvalue weighted by molar-refractivity contribution is 5.79.